The second-order valence-corrected chi connectivity index (χ2v) is 6.95. The summed E-state index contributed by atoms with van der Waals surface area (Å²) in [6.45, 7) is 11.8. The molecule has 0 nitrogen and oxygen atoms in total. The summed E-state index contributed by atoms with van der Waals surface area (Å²) in [6.07, 6.45) is 3.92. The molecule has 1 atom stereocenters. The van der Waals surface area contributed by atoms with Crippen LogP contribution in [0.5, 0.6) is 0 Å². The fraction of sp³-hybridized carbons (Fsp3) is 0.647. The molecule has 0 aromatic heterocycles. The quantitative estimate of drug-likeness (QED) is 0.639. The summed E-state index contributed by atoms with van der Waals surface area (Å²) >= 11 is 0. The Morgan fingerprint density at radius 2 is 1.88 bits per heavy atom. The van der Waals surface area contributed by atoms with Crippen molar-refractivity contribution in [2.75, 3.05) is 0 Å². The van der Waals surface area contributed by atoms with Crippen LogP contribution in [-0.4, -0.2) is 0 Å². The normalized spacial score (nSPS) is 20.5. The second-order valence-electron chi connectivity index (χ2n) is 6.95. The molecule has 1 aromatic rings. The molecule has 17 heavy (non-hydrogen) atoms. The van der Waals surface area contributed by atoms with Crippen molar-refractivity contribution in [3.8, 4) is 0 Å². The van der Waals surface area contributed by atoms with E-state index in [1.165, 1.54) is 19.3 Å². The van der Waals surface area contributed by atoms with E-state index >= 15 is 0 Å². The molecule has 0 fully saturated rings. The Kier molecular flexibility index (Phi) is 3.34. The van der Waals surface area contributed by atoms with Gasteiger partial charge in [-0.05, 0) is 53.2 Å². The second kappa shape index (κ2) is 4.48. The summed E-state index contributed by atoms with van der Waals surface area (Å²) in [5.41, 5.74) is 5.30. The minimum absolute atomic E-state index is 0.450. The van der Waals surface area contributed by atoms with Gasteiger partial charge in [0.2, 0.25) is 0 Å². The van der Waals surface area contributed by atoms with E-state index in [1.807, 2.05) is 0 Å². The lowest BCUT2D eigenvalue weighted by Crippen LogP contribution is -2.27. The Hall–Kier alpha value is -0.780. The van der Waals surface area contributed by atoms with Crippen molar-refractivity contribution in [2.24, 2.45) is 11.3 Å². The number of hydrogen-bond donors (Lipinski definition) is 0. The third-order valence-corrected chi connectivity index (χ3v) is 4.37. The lowest BCUT2D eigenvalue weighted by Gasteiger charge is -2.36. The fourth-order valence-corrected chi connectivity index (χ4v) is 3.12. The lowest BCUT2D eigenvalue weighted by atomic mass is 9.69. The summed E-state index contributed by atoms with van der Waals surface area (Å²) < 4.78 is 0. The van der Waals surface area contributed by atoms with Gasteiger partial charge in [0.25, 0.3) is 0 Å². The third-order valence-electron chi connectivity index (χ3n) is 4.37. The standard InChI is InChI=1S/C17H26/c1-12(2)15-8-6-7-13-11-14(17(3,4)5)9-10-16(13)15/h6-8,12,14H,9-11H2,1-5H3. The molecule has 0 aliphatic heterocycles. The van der Waals surface area contributed by atoms with Gasteiger partial charge >= 0.3 is 0 Å². The highest BCUT2D eigenvalue weighted by atomic mass is 14.3. The Balaban J connectivity index is 2.31. The first kappa shape index (κ1) is 12.7. The highest BCUT2D eigenvalue weighted by Crippen LogP contribution is 2.39. The molecule has 94 valence electrons. The highest BCUT2D eigenvalue weighted by molar-refractivity contribution is 5.39. The van der Waals surface area contributed by atoms with Crippen LogP contribution in [0.15, 0.2) is 18.2 Å². The number of fused-ring (bicyclic) bond motifs is 1. The number of rotatable bonds is 1. The van der Waals surface area contributed by atoms with E-state index in [0.29, 0.717) is 11.3 Å². The molecule has 1 aliphatic rings. The van der Waals surface area contributed by atoms with Crippen molar-refractivity contribution in [2.45, 2.75) is 59.8 Å². The molecule has 0 N–H and O–H groups in total. The maximum atomic E-state index is 2.38. The summed E-state index contributed by atoms with van der Waals surface area (Å²) in [6, 6.07) is 6.92. The van der Waals surface area contributed by atoms with Crippen molar-refractivity contribution in [3.05, 3.63) is 34.9 Å². The van der Waals surface area contributed by atoms with Gasteiger partial charge in [0.1, 0.15) is 0 Å². The van der Waals surface area contributed by atoms with Gasteiger partial charge in [0, 0.05) is 0 Å². The average Bonchev–Trinajstić information content (AvgIpc) is 2.26. The van der Waals surface area contributed by atoms with E-state index in [4.69, 9.17) is 0 Å². The summed E-state index contributed by atoms with van der Waals surface area (Å²) in [5.74, 6) is 1.51. The molecule has 1 aliphatic carbocycles. The summed E-state index contributed by atoms with van der Waals surface area (Å²) in [5, 5.41) is 0. The molecular weight excluding hydrogens is 204 g/mol. The van der Waals surface area contributed by atoms with Gasteiger partial charge < -0.3 is 0 Å². The molecule has 1 aromatic carbocycles. The SMILES string of the molecule is CC(C)c1cccc2c1CCC(C(C)(C)C)C2. The lowest BCUT2D eigenvalue weighted by molar-refractivity contribution is 0.215. The zero-order valence-electron chi connectivity index (χ0n) is 12.0. The van der Waals surface area contributed by atoms with Crippen LogP contribution in [-0.2, 0) is 12.8 Å². The van der Waals surface area contributed by atoms with Crippen molar-refractivity contribution < 1.29 is 0 Å². The molecule has 2 rings (SSSR count). The van der Waals surface area contributed by atoms with E-state index in [9.17, 15) is 0 Å². The Labute approximate surface area is 106 Å². The minimum atomic E-state index is 0.450. The van der Waals surface area contributed by atoms with Crippen molar-refractivity contribution >= 4 is 0 Å². The summed E-state index contributed by atoms with van der Waals surface area (Å²) in [7, 11) is 0. The molecule has 0 radical (unpaired) electrons. The van der Waals surface area contributed by atoms with Crippen LogP contribution in [0.25, 0.3) is 0 Å². The van der Waals surface area contributed by atoms with Crippen molar-refractivity contribution in [1.29, 1.82) is 0 Å². The predicted octanol–water partition coefficient (Wildman–Crippen LogP) is 4.96. The first-order valence-corrected chi connectivity index (χ1v) is 7.00. The fourth-order valence-electron chi connectivity index (χ4n) is 3.12. The average molecular weight is 230 g/mol. The van der Waals surface area contributed by atoms with Gasteiger partial charge in [-0.25, -0.2) is 0 Å². The molecule has 0 spiro atoms. The van der Waals surface area contributed by atoms with Crippen LogP contribution in [0.3, 0.4) is 0 Å². The zero-order chi connectivity index (χ0) is 12.6. The molecule has 0 heteroatoms. The van der Waals surface area contributed by atoms with E-state index in [2.05, 4.69) is 52.8 Å². The molecule has 0 saturated carbocycles. The van der Waals surface area contributed by atoms with E-state index < -0.39 is 0 Å². The van der Waals surface area contributed by atoms with E-state index in [1.54, 1.807) is 16.7 Å². The molecule has 0 saturated heterocycles. The largest absolute Gasteiger partial charge is 0.0617 e. The first-order valence-electron chi connectivity index (χ1n) is 7.00. The Morgan fingerprint density at radius 3 is 2.47 bits per heavy atom. The van der Waals surface area contributed by atoms with Crippen LogP contribution in [0, 0.1) is 11.3 Å². The van der Waals surface area contributed by atoms with Crippen molar-refractivity contribution in [3.63, 3.8) is 0 Å². The first-order chi connectivity index (χ1) is 7.89. The van der Waals surface area contributed by atoms with E-state index in [0.717, 1.165) is 5.92 Å². The Bertz CT molecular complexity index is 393. The van der Waals surface area contributed by atoms with Gasteiger partial charge in [0.15, 0.2) is 0 Å². The van der Waals surface area contributed by atoms with Crippen LogP contribution in [0.2, 0.25) is 0 Å². The van der Waals surface area contributed by atoms with Crippen LogP contribution in [0.4, 0.5) is 0 Å². The Morgan fingerprint density at radius 1 is 1.18 bits per heavy atom. The van der Waals surface area contributed by atoms with Gasteiger partial charge in [-0.2, -0.15) is 0 Å². The topological polar surface area (TPSA) is 0 Å². The van der Waals surface area contributed by atoms with Gasteiger partial charge in [-0.15, -0.1) is 0 Å². The van der Waals surface area contributed by atoms with Crippen molar-refractivity contribution in [1.82, 2.24) is 0 Å². The number of benzene rings is 1. The number of hydrogen-bond acceptors (Lipinski definition) is 0. The summed E-state index contributed by atoms with van der Waals surface area (Å²) in [4.78, 5) is 0. The van der Waals surface area contributed by atoms with Gasteiger partial charge in [-0.3, -0.25) is 0 Å². The maximum Gasteiger partial charge on any atom is -0.0216 e. The third kappa shape index (κ3) is 2.56. The van der Waals surface area contributed by atoms with Crippen LogP contribution < -0.4 is 0 Å². The van der Waals surface area contributed by atoms with E-state index in [-0.39, 0.29) is 0 Å². The predicted molar refractivity (Wildman–Crippen MR) is 75.5 cm³/mol. The van der Waals surface area contributed by atoms with Crippen LogP contribution in [0.1, 0.15) is 63.6 Å². The van der Waals surface area contributed by atoms with Crippen LogP contribution >= 0.6 is 0 Å². The zero-order valence-corrected chi connectivity index (χ0v) is 12.0. The molecule has 1 unspecified atom stereocenters. The minimum Gasteiger partial charge on any atom is -0.0617 e. The molecular formula is C17H26. The van der Waals surface area contributed by atoms with Gasteiger partial charge in [0.05, 0.1) is 0 Å². The smallest absolute Gasteiger partial charge is 0.0216 e. The highest BCUT2D eigenvalue weighted by Gasteiger charge is 2.29. The maximum absolute atomic E-state index is 2.38. The monoisotopic (exact) mass is 230 g/mol. The molecule has 0 heterocycles. The van der Waals surface area contributed by atoms with Gasteiger partial charge in [-0.1, -0.05) is 52.8 Å². The molecule has 0 amide bonds. The molecule has 0 bridgehead atoms.